The third-order valence-corrected chi connectivity index (χ3v) is 3.96. The Morgan fingerprint density at radius 3 is 2.28 bits per heavy atom. The molecule has 2 aromatic carbocycles. The van der Waals surface area contributed by atoms with E-state index in [9.17, 15) is 33.4 Å². The Kier molecular flexibility index (Phi) is 6.87. The monoisotopic (exact) mass is 406 g/mol. The van der Waals surface area contributed by atoms with Crippen LogP contribution in [0.2, 0.25) is 0 Å². The fourth-order valence-electron chi connectivity index (χ4n) is 2.59. The van der Waals surface area contributed by atoms with E-state index in [0.29, 0.717) is 0 Å². The molecule has 0 heterocycles. The SMILES string of the molecule is CC(C)C[C@@H](NC(=O)c1cc(O)ccc1F)C(=O)NC(=O)c1ccc(F)cc1O. The Bertz CT molecular complexity index is 946. The van der Waals surface area contributed by atoms with Crippen LogP contribution < -0.4 is 10.6 Å². The molecule has 9 heteroatoms. The molecule has 0 bridgehead atoms. The molecule has 0 saturated carbocycles. The van der Waals surface area contributed by atoms with E-state index >= 15 is 0 Å². The number of benzene rings is 2. The molecule has 29 heavy (non-hydrogen) atoms. The number of aromatic hydroxyl groups is 2. The number of phenolic OH excluding ortho intramolecular Hbond substituents is 2. The third-order valence-electron chi connectivity index (χ3n) is 3.96. The van der Waals surface area contributed by atoms with Crippen molar-refractivity contribution in [2.45, 2.75) is 26.3 Å². The molecule has 0 aliphatic carbocycles. The molecule has 2 aromatic rings. The highest BCUT2D eigenvalue weighted by Gasteiger charge is 2.26. The van der Waals surface area contributed by atoms with Crippen molar-refractivity contribution in [3.63, 3.8) is 0 Å². The largest absolute Gasteiger partial charge is 0.508 e. The van der Waals surface area contributed by atoms with E-state index < -0.39 is 46.7 Å². The maximum Gasteiger partial charge on any atom is 0.261 e. The molecule has 0 spiro atoms. The summed E-state index contributed by atoms with van der Waals surface area (Å²) in [5, 5.41) is 23.5. The molecule has 4 N–H and O–H groups in total. The standard InChI is InChI=1S/C20H20F2N2O5/c1-10(2)7-16(23-19(28)14-9-12(25)4-6-15(14)22)20(29)24-18(27)13-5-3-11(21)8-17(13)26/h3-6,8-10,16,25-26H,7H2,1-2H3,(H,23,28)(H,24,27,29)/t16-/m1/s1. The first-order valence-corrected chi connectivity index (χ1v) is 8.71. The topological polar surface area (TPSA) is 116 Å². The van der Waals surface area contributed by atoms with E-state index in [1.54, 1.807) is 13.8 Å². The summed E-state index contributed by atoms with van der Waals surface area (Å²) >= 11 is 0. The van der Waals surface area contributed by atoms with Gasteiger partial charge in [-0.15, -0.1) is 0 Å². The predicted molar refractivity (Wildman–Crippen MR) is 99.3 cm³/mol. The quantitative estimate of drug-likeness (QED) is 0.588. The van der Waals surface area contributed by atoms with Gasteiger partial charge in [-0.3, -0.25) is 19.7 Å². The van der Waals surface area contributed by atoms with Gasteiger partial charge in [0.05, 0.1) is 11.1 Å². The van der Waals surface area contributed by atoms with Gasteiger partial charge in [0.25, 0.3) is 11.8 Å². The minimum atomic E-state index is -1.20. The van der Waals surface area contributed by atoms with E-state index in [-0.39, 0.29) is 23.7 Å². The van der Waals surface area contributed by atoms with Crippen LogP contribution in [0, 0.1) is 17.6 Å². The van der Waals surface area contributed by atoms with Crippen molar-refractivity contribution in [1.82, 2.24) is 10.6 Å². The van der Waals surface area contributed by atoms with Crippen molar-refractivity contribution in [1.29, 1.82) is 0 Å². The van der Waals surface area contributed by atoms with Gasteiger partial charge < -0.3 is 15.5 Å². The van der Waals surface area contributed by atoms with Crippen LogP contribution in [0.4, 0.5) is 8.78 Å². The predicted octanol–water partition coefficient (Wildman–Crippen LogP) is 2.48. The molecule has 0 fully saturated rings. The zero-order valence-corrected chi connectivity index (χ0v) is 15.7. The lowest BCUT2D eigenvalue weighted by Gasteiger charge is -2.20. The lowest BCUT2D eigenvalue weighted by molar-refractivity contribution is -0.122. The first-order valence-electron chi connectivity index (χ1n) is 8.71. The Hall–Kier alpha value is -3.49. The Morgan fingerprint density at radius 1 is 0.966 bits per heavy atom. The van der Waals surface area contributed by atoms with Gasteiger partial charge in [-0.05, 0) is 42.7 Å². The second kappa shape index (κ2) is 9.13. The minimum absolute atomic E-state index is 0.0746. The molecular weight excluding hydrogens is 386 g/mol. The van der Waals surface area contributed by atoms with Crippen LogP contribution in [0.15, 0.2) is 36.4 Å². The van der Waals surface area contributed by atoms with Crippen LogP contribution in [-0.4, -0.2) is 34.0 Å². The molecule has 154 valence electrons. The lowest BCUT2D eigenvalue weighted by Crippen LogP contribution is -2.49. The molecule has 0 unspecified atom stereocenters. The highest BCUT2D eigenvalue weighted by atomic mass is 19.1. The highest BCUT2D eigenvalue weighted by molar-refractivity contribution is 6.08. The molecule has 2 rings (SSSR count). The molecular formula is C20H20F2N2O5. The van der Waals surface area contributed by atoms with Crippen molar-refractivity contribution in [2.24, 2.45) is 5.92 Å². The number of hydrogen-bond acceptors (Lipinski definition) is 5. The Balaban J connectivity index is 2.18. The van der Waals surface area contributed by atoms with Gasteiger partial charge in [0.2, 0.25) is 5.91 Å². The zero-order chi connectivity index (χ0) is 21.7. The minimum Gasteiger partial charge on any atom is -0.508 e. The third kappa shape index (κ3) is 5.74. The maximum atomic E-state index is 13.9. The number of phenols is 2. The van der Waals surface area contributed by atoms with Crippen LogP contribution in [0.3, 0.4) is 0 Å². The van der Waals surface area contributed by atoms with Crippen LogP contribution in [-0.2, 0) is 4.79 Å². The molecule has 0 aliphatic heterocycles. The molecule has 7 nitrogen and oxygen atoms in total. The average Bonchev–Trinajstić information content (AvgIpc) is 2.62. The van der Waals surface area contributed by atoms with Gasteiger partial charge in [0, 0.05) is 6.07 Å². The molecule has 0 saturated heterocycles. The van der Waals surface area contributed by atoms with E-state index in [1.165, 1.54) is 0 Å². The number of hydrogen-bond donors (Lipinski definition) is 4. The van der Waals surface area contributed by atoms with E-state index in [2.05, 4.69) is 5.32 Å². The van der Waals surface area contributed by atoms with Crippen LogP contribution in [0.1, 0.15) is 41.0 Å². The van der Waals surface area contributed by atoms with Crippen molar-refractivity contribution in [2.75, 3.05) is 0 Å². The maximum absolute atomic E-state index is 13.9. The number of amides is 3. The lowest BCUT2D eigenvalue weighted by atomic mass is 10.0. The van der Waals surface area contributed by atoms with Gasteiger partial charge in [-0.1, -0.05) is 13.8 Å². The van der Waals surface area contributed by atoms with Crippen LogP contribution in [0.5, 0.6) is 11.5 Å². The number of nitrogens with one attached hydrogen (secondary N) is 2. The summed E-state index contributed by atoms with van der Waals surface area (Å²) in [4.78, 5) is 37.1. The Labute approximate surface area is 165 Å². The normalized spacial score (nSPS) is 11.8. The van der Waals surface area contributed by atoms with E-state index in [4.69, 9.17) is 0 Å². The number of halogens is 2. The van der Waals surface area contributed by atoms with Crippen LogP contribution in [0.25, 0.3) is 0 Å². The summed E-state index contributed by atoms with van der Waals surface area (Å²) in [5.74, 6) is -5.53. The number of imide groups is 1. The van der Waals surface area contributed by atoms with Crippen LogP contribution >= 0.6 is 0 Å². The van der Waals surface area contributed by atoms with Crippen molar-refractivity contribution >= 4 is 17.7 Å². The van der Waals surface area contributed by atoms with Crippen molar-refractivity contribution in [3.05, 3.63) is 59.2 Å². The molecule has 1 atom stereocenters. The summed E-state index contributed by atoms with van der Waals surface area (Å²) in [6.07, 6.45) is 0.126. The Morgan fingerprint density at radius 2 is 1.66 bits per heavy atom. The smallest absolute Gasteiger partial charge is 0.261 e. The second-order valence-electron chi connectivity index (χ2n) is 6.80. The number of carbonyl (C=O) groups is 3. The van der Waals surface area contributed by atoms with Gasteiger partial charge in [-0.2, -0.15) is 0 Å². The molecule has 0 aromatic heterocycles. The highest BCUT2D eigenvalue weighted by Crippen LogP contribution is 2.19. The van der Waals surface area contributed by atoms with Gasteiger partial charge in [0.15, 0.2) is 0 Å². The molecule has 0 radical (unpaired) electrons. The van der Waals surface area contributed by atoms with Crippen molar-refractivity contribution in [3.8, 4) is 11.5 Å². The molecule has 0 aliphatic rings. The van der Waals surface area contributed by atoms with E-state index in [1.807, 2.05) is 5.32 Å². The summed E-state index contributed by atoms with van der Waals surface area (Å²) < 4.78 is 26.9. The van der Waals surface area contributed by atoms with Gasteiger partial charge in [-0.25, -0.2) is 8.78 Å². The summed E-state index contributed by atoms with van der Waals surface area (Å²) in [5.41, 5.74) is -0.789. The average molecular weight is 406 g/mol. The first-order chi connectivity index (χ1) is 13.6. The van der Waals surface area contributed by atoms with Crippen molar-refractivity contribution < 1.29 is 33.4 Å². The fraction of sp³-hybridized carbons (Fsp3) is 0.250. The summed E-state index contributed by atoms with van der Waals surface area (Å²) in [6.45, 7) is 3.55. The fourth-order valence-corrected chi connectivity index (χ4v) is 2.59. The zero-order valence-electron chi connectivity index (χ0n) is 15.7. The summed E-state index contributed by atoms with van der Waals surface area (Å²) in [7, 11) is 0. The number of carbonyl (C=O) groups excluding carboxylic acids is 3. The first kappa shape index (κ1) is 21.8. The summed E-state index contributed by atoms with van der Waals surface area (Å²) in [6, 6.07) is 4.35. The van der Waals surface area contributed by atoms with E-state index in [0.717, 1.165) is 36.4 Å². The molecule has 3 amide bonds. The second-order valence-corrected chi connectivity index (χ2v) is 6.80. The van der Waals surface area contributed by atoms with Gasteiger partial charge in [0.1, 0.15) is 29.2 Å². The number of rotatable bonds is 6. The van der Waals surface area contributed by atoms with Gasteiger partial charge >= 0.3 is 0 Å².